The van der Waals surface area contributed by atoms with E-state index < -0.39 is 17.5 Å². The van der Waals surface area contributed by atoms with Gasteiger partial charge in [-0.25, -0.2) is 4.79 Å². The largest absolute Gasteiger partial charge is 0.325 e. The highest BCUT2D eigenvalue weighted by Crippen LogP contribution is 2.46. The normalized spacial score (nSPS) is 24.4. The van der Waals surface area contributed by atoms with Crippen molar-refractivity contribution in [1.29, 1.82) is 0 Å². The molecule has 0 spiro atoms. The van der Waals surface area contributed by atoms with Gasteiger partial charge in [-0.3, -0.25) is 14.9 Å². The van der Waals surface area contributed by atoms with Crippen molar-refractivity contribution in [1.82, 2.24) is 10.2 Å². The van der Waals surface area contributed by atoms with Crippen LogP contribution in [0.5, 0.6) is 0 Å². The SMILES string of the molecule is CN1C(=O)C(C)(N2CC=CC(=O)NC2=O)c2cccc(Br)c21. The number of para-hydroxylation sites is 1. The van der Waals surface area contributed by atoms with Crippen molar-refractivity contribution in [3.63, 3.8) is 0 Å². The predicted molar refractivity (Wildman–Crippen MR) is 84.3 cm³/mol. The molecule has 0 saturated heterocycles. The van der Waals surface area contributed by atoms with Gasteiger partial charge in [0.2, 0.25) is 0 Å². The van der Waals surface area contributed by atoms with Crippen LogP contribution >= 0.6 is 15.9 Å². The van der Waals surface area contributed by atoms with Gasteiger partial charge in [0.1, 0.15) is 5.54 Å². The molecule has 4 amide bonds. The first-order valence-corrected chi connectivity index (χ1v) is 7.53. The van der Waals surface area contributed by atoms with Gasteiger partial charge in [-0.1, -0.05) is 18.2 Å². The van der Waals surface area contributed by atoms with Crippen molar-refractivity contribution in [2.45, 2.75) is 12.5 Å². The summed E-state index contributed by atoms with van der Waals surface area (Å²) in [4.78, 5) is 39.6. The monoisotopic (exact) mass is 363 g/mol. The number of carbonyl (C=O) groups excluding carboxylic acids is 3. The summed E-state index contributed by atoms with van der Waals surface area (Å²) in [6.45, 7) is 1.88. The van der Waals surface area contributed by atoms with Crippen molar-refractivity contribution in [2.75, 3.05) is 18.5 Å². The summed E-state index contributed by atoms with van der Waals surface area (Å²) in [7, 11) is 1.67. The van der Waals surface area contributed by atoms with E-state index in [2.05, 4.69) is 21.2 Å². The van der Waals surface area contributed by atoms with E-state index in [-0.39, 0.29) is 12.5 Å². The molecule has 1 aromatic carbocycles. The lowest BCUT2D eigenvalue weighted by Gasteiger charge is -2.35. The number of carbonyl (C=O) groups is 3. The maximum atomic E-state index is 12.8. The van der Waals surface area contributed by atoms with Gasteiger partial charge in [0, 0.05) is 29.7 Å². The van der Waals surface area contributed by atoms with Crippen molar-refractivity contribution in [3.05, 3.63) is 40.4 Å². The third kappa shape index (κ3) is 1.89. The van der Waals surface area contributed by atoms with E-state index in [0.717, 1.165) is 15.7 Å². The molecule has 2 aliphatic rings. The third-order valence-electron chi connectivity index (χ3n) is 4.14. The van der Waals surface area contributed by atoms with Crippen LogP contribution in [0.15, 0.2) is 34.8 Å². The molecule has 114 valence electrons. The molecule has 1 unspecified atom stereocenters. The number of halogens is 1. The zero-order valence-electron chi connectivity index (χ0n) is 12.1. The summed E-state index contributed by atoms with van der Waals surface area (Å²) in [6, 6.07) is 4.92. The number of amides is 4. The molecule has 0 saturated carbocycles. The van der Waals surface area contributed by atoms with Crippen LogP contribution in [-0.4, -0.2) is 36.3 Å². The Kier molecular flexibility index (Phi) is 3.32. The van der Waals surface area contributed by atoms with Gasteiger partial charge < -0.3 is 9.80 Å². The highest BCUT2D eigenvalue weighted by molar-refractivity contribution is 9.10. The smallest absolute Gasteiger partial charge is 0.312 e. The Bertz CT molecular complexity index is 731. The molecular formula is C15H14BrN3O3. The fourth-order valence-corrected chi connectivity index (χ4v) is 3.63. The van der Waals surface area contributed by atoms with Crippen molar-refractivity contribution in [2.24, 2.45) is 0 Å². The number of rotatable bonds is 1. The van der Waals surface area contributed by atoms with Crippen LogP contribution in [0.4, 0.5) is 10.5 Å². The van der Waals surface area contributed by atoms with Crippen LogP contribution < -0.4 is 10.2 Å². The molecule has 1 aromatic rings. The standard InChI is InChI=1S/C15H14BrN3O3/c1-15(19-8-4-7-11(20)17-14(19)22)9-5-3-6-10(16)12(9)18(2)13(15)21/h3-7H,8H2,1-2H3,(H,17,20,22). The molecule has 0 bridgehead atoms. The number of hydrogen-bond donors (Lipinski definition) is 1. The Morgan fingerprint density at radius 1 is 1.27 bits per heavy atom. The van der Waals surface area contributed by atoms with Gasteiger partial charge in [-0.15, -0.1) is 0 Å². The Labute approximate surface area is 135 Å². The van der Waals surface area contributed by atoms with Gasteiger partial charge in [-0.05, 0) is 28.9 Å². The molecule has 0 radical (unpaired) electrons. The summed E-state index contributed by atoms with van der Waals surface area (Å²) < 4.78 is 0.784. The lowest BCUT2D eigenvalue weighted by atomic mass is 9.91. The van der Waals surface area contributed by atoms with E-state index in [1.165, 1.54) is 15.9 Å². The van der Waals surface area contributed by atoms with Crippen molar-refractivity contribution < 1.29 is 14.4 Å². The molecule has 3 rings (SSSR count). The van der Waals surface area contributed by atoms with Crippen LogP contribution in [0, 0.1) is 0 Å². The third-order valence-corrected chi connectivity index (χ3v) is 4.78. The highest BCUT2D eigenvalue weighted by atomic mass is 79.9. The van der Waals surface area contributed by atoms with Gasteiger partial charge in [0.15, 0.2) is 0 Å². The van der Waals surface area contributed by atoms with Crippen LogP contribution in [0.25, 0.3) is 0 Å². The van der Waals surface area contributed by atoms with E-state index >= 15 is 0 Å². The fourth-order valence-electron chi connectivity index (χ4n) is 3.00. The Morgan fingerprint density at radius 2 is 2.00 bits per heavy atom. The summed E-state index contributed by atoms with van der Waals surface area (Å²) >= 11 is 3.45. The van der Waals surface area contributed by atoms with Crippen molar-refractivity contribution in [3.8, 4) is 0 Å². The number of benzene rings is 1. The molecule has 1 N–H and O–H groups in total. The average Bonchev–Trinajstić information content (AvgIpc) is 2.60. The minimum Gasteiger partial charge on any atom is -0.312 e. The molecule has 6 nitrogen and oxygen atoms in total. The summed E-state index contributed by atoms with van der Waals surface area (Å²) in [5.74, 6) is -0.698. The van der Waals surface area contributed by atoms with Crippen LogP contribution in [0.2, 0.25) is 0 Å². The number of nitrogens with one attached hydrogen (secondary N) is 1. The lowest BCUT2D eigenvalue weighted by molar-refractivity contribution is -0.127. The van der Waals surface area contributed by atoms with E-state index in [4.69, 9.17) is 0 Å². The van der Waals surface area contributed by atoms with Gasteiger partial charge >= 0.3 is 6.03 Å². The second-order valence-corrected chi connectivity index (χ2v) is 6.23. The number of likely N-dealkylation sites (N-methyl/N-ethyl adjacent to an activating group) is 1. The molecule has 7 heteroatoms. The maximum absolute atomic E-state index is 12.8. The van der Waals surface area contributed by atoms with Crippen LogP contribution in [0.1, 0.15) is 12.5 Å². The van der Waals surface area contributed by atoms with Gasteiger partial charge in [0.05, 0.1) is 5.69 Å². The molecule has 0 aliphatic carbocycles. The first-order valence-electron chi connectivity index (χ1n) is 6.73. The van der Waals surface area contributed by atoms with Crippen LogP contribution in [0.3, 0.4) is 0 Å². The number of urea groups is 1. The number of anilines is 1. The average molecular weight is 364 g/mol. The summed E-state index contributed by atoms with van der Waals surface area (Å²) in [5.41, 5.74) is 0.307. The lowest BCUT2D eigenvalue weighted by Crippen LogP contribution is -2.56. The van der Waals surface area contributed by atoms with E-state index in [1.807, 2.05) is 18.2 Å². The molecular weight excluding hydrogens is 350 g/mol. The minimum atomic E-state index is -1.16. The maximum Gasteiger partial charge on any atom is 0.325 e. The Morgan fingerprint density at radius 3 is 2.73 bits per heavy atom. The first kappa shape index (κ1) is 14.8. The zero-order valence-corrected chi connectivity index (χ0v) is 13.7. The zero-order chi connectivity index (χ0) is 16.1. The molecule has 0 fully saturated rings. The topological polar surface area (TPSA) is 69.7 Å². The van der Waals surface area contributed by atoms with Crippen molar-refractivity contribution >= 4 is 39.5 Å². The van der Waals surface area contributed by atoms with Gasteiger partial charge in [-0.2, -0.15) is 0 Å². The molecule has 2 aliphatic heterocycles. The number of nitrogens with zero attached hydrogens (tertiary/aromatic N) is 2. The summed E-state index contributed by atoms with van der Waals surface area (Å²) in [5, 5.41) is 2.25. The molecule has 22 heavy (non-hydrogen) atoms. The van der Waals surface area contributed by atoms with Crippen LogP contribution in [-0.2, 0) is 15.1 Å². The van der Waals surface area contributed by atoms with E-state index in [1.54, 1.807) is 20.0 Å². The van der Waals surface area contributed by atoms with E-state index in [9.17, 15) is 14.4 Å². The quantitative estimate of drug-likeness (QED) is 0.826. The second-order valence-electron chi connectivity index (χ2n) is 5.38. The molecule has 1 atom stereocenters. The molecule has 2 heterocycles. The van der Waals surface area contributed by atoms with E-state index in [0.29, 0.717) is 0 Å². The second kappa shape index (κ2) is 4.95. The Balaban J connectivity index is 2.16. The highest BCUT2D eigenvalue weighted by Gasteiger charge is 2.52. The fraction of sp³-hybridized carbons (Fsp3) is 0.267. The first-order chi connectivity index (χ1) is 10.4. The number of fused-ring (bicyclic) bond motifs is 1. The minimum absolute atomic E-state index is 0.180. The number of imide groups is 1. The predicted octanol–water partition coefficient (Wildman–Crippen LogP) is 1.75. The summed E-state index contributed by atoms with van der Waals surface area (Å²) in [6.07, 6.45) is 2.88. The molecule has 0 aromatic heterocycles. The Hall–Kier alpha value is -2.15. The number of hydrogen-bond acceptors (Lipinski definition) is 3. The van der Waals surface area contributed by atoms with Gasteiger partial charge in [0.25, 0.3) is 11.8 Å².